The lowest BCUT2D eigenvalue weighted by molar-refractivity contribution is -0.385. The topological polar surface area (TPSA) is 69.4 Å². The molecule has 0 radical (unpaired) electrons. The van der Waals surface area contributed by atoms with Gasteiger partial charge in [0.05, 0.1) is 4.92 Å². The van der Waals surface area contributed by atoms with Crippen LogP contribution in [0, 0.1) is 10.1 Å². The van der Waals surface area contributed by atoms with E-state index in [4.69, 9.17) is 4.74 Å². The number of nitro groups is 1. The van der Waals surface area contributed by atoms with Crippen molar-refractivity contribution in [3.63, 3.8) is 0 Å². The standard InChI is InChI=1S/C14H10BrNO4/c15-11-5-3-4-10(8-11)13(17)9-20-14-7-2-1-6-12(14)16(18)19/h1-8H,9H2. The molecule has 0 saturated carbocycles. The largest absolute Gasteiger partial charge is 0.478 e. The van der Waals surface area contributed by atoms with Gasteiger partial charge in [-0.15, -0.1) is 0 Å². The minimum absolute atomic E-state index is 0.0841. The number of hydrogen-bond acceptors (Lipinski definition) is 4. The second-order valence-corrected chi connectivity index (χ2v) is 4.86. The van der Waals surface area contributed by atoms with Gasteiger partial charge in [-0.1, -0.05) is 40.2 Å². The lowest BCUT2D eigenvalue weighted by Crippen LogP contribution is -2.12. The van der Waals surface area contributed by atoms with E-state index in [1.807, 2.05) is 0 Å². The molecule has 0 saturated heterocycles. The Morgan fingerprint density at radius 1 is 1.20 bits per heavy atom. The zero-order valence-corrected chi connectivity index (χ0v) is 11.9. The maximum atomic E-state index is 11.9. The van der Waals surface area contributed by atoms with Crippen molar-refractivity contribution in [1.82, 2.24) is 0 Å². The molecular weight excluding hydrogens is 326 g/mol. The van der Waals surface area contributed by atoms with E-state index in [0.29, 0.717) is 5.56 Å². The summed E-state index contributed by atoms with van der Waals surface area (Å²) in [6.07, 6.45) is 0. The number of carbonyl (C=O) groups is 1. The first-order valence-corrected chi connectivity index (χ1v) is 6.52. The maximum absolute atomic E-state index is 11.9. The van der Waals surface area contributed by atoms with Crippen LogP contribution in [-0.2, 0) is 0 Å². The highest BCUT2D eigenvalue weighted by Gasteiger charge is 2.15. The first-order valence-electron chi connectivity index (χ1n) is 5.73. The van der Waals surface area contributed by atoms with E-state index in [-0.39, 0.29) is 23.8 Å². The number of ether oxygens (including phenoxy) is 1. The summed E-state index contributed by atoms with van der Waals surface area (Å²) < 4.78 is 6.03. The van der Waals surface area contributed by atoms with Crippen LogP contribution in [0.5, 0.6) is 5.75 Å². The number of para-hydroxylation sites is 2. The highest BCUT2D eigenvalue weighted by molar-refractivity contribution is 9.10. The number of nitrogens with zero attached hydrogens (tertiary/aromatic N) is 1. The Hall–Kier alpha value is -2.21. The number of ketones is 1. The summed E-state index contributed by atoms with van der Waals surface area (Å²) in [4.78, 5) is 22.2. The third-order valence-electron chi connectivity index (χ3n) is 2.57. The van der Waals surface area contributed by atoms with E-state index < -0.39 is 4.92 Å². The van der Waals surface area contributed by atoms with Crippen molar-refractivity contribution in [1.29, 1.82) is 0 Å². The molecule has 0 unspecified atom stereocenters. The summed E-state index contributed by atoms with van der Waals surface area (Å²) in [5.74, 6) is -0.162. The van der Waals surface area contributed by atoms with Crippen LogP contribution in [0.1, 0.15) is 10.4 Å². The van der Waals surface area contributed by atoms with E-state index in [9.17, 15) is 14.9 Å². The molecule has 2 aromatic rings. The molecule has 6 heteroatoms. The first kappa shape index (κ1) is 14.2. The molecular formula is C14H10BrNO4. The molecule has 0 aliphatic carbocycles. The van der Waals surface area contributed by atoms with Crippen LogP contribution in [0.2, 0.25) is 0 Å². The van der Waals surface area contributed by atoms with E-state index in [0.717, 1.165) is 4.47 Å². The zero-order chi connectivity index (χ0) is 14.5. The third kappa shape index (κ3) is 3.42. The van der Waals surface area contributed by atoms with Crippen LogP contribution in [0.25, 0.3) is 0 Å². The number of benzene rings is 2. The van der Waals surface area contributed by atoms with Gasteiger partial charge in [-0.3, -0.25) is 14.9 Å². The van der Waals surface area contributed by atoms with E-state index in [2.05, 4.69) is 15.9 Å². The number of Topliss-reactive ketones (excluding diaryl/α,β-unsaturated/α-hetero) is 1. The van der Waals surface area contributed by atoms with Gasteiger partial charge in [0.15, 0.2) is 18.1 Å². The van der Waals surface area contributed by atoms with Crippen molar-refractivity contribution in [2.45, 2.75) is 0 Å². The van der Waals surface area contributed by atoms with Gasteiger partial charge in [-0.25, -0.2) is 0 Å². The number of rotatable bonds is 5. The SMILES string of the molecule is O=C(COc1ccccc1[N+](=O)[O-])c1cccc(Br)c1. The number of hydrogen-bond donors (Lipinski definition) is 0. The van der Waals surface area contributed by atoms with Gasteiger partial charge >= 0.3 is 5.69 Å². The van der Waals surface area contributed by atoms with Gasteiger partial charge in [-0.2, -0.15) is 0 Å². The predicted molar refractivity (Wildman–Crippen MR) is 77.1 cm³/mol. The van der Waals surface area contributed by atoms with Gasteiger partial charge in [0.25, 0.3) is 0 Å². The Labute approximate surface area is 123 Å². The van der Waals surface area contributed by atoms with Crippen molar-refractivity contribution >= 4 is 27.4 Å². The zero-order valence-electron chi connectivity index (χ0n) is 10.3. The van der Waals surface area contributed by atoms with Crippen molar-refractivity contribution in [2.24, 2.45) is 0 Å². The predicted octanol–water partition coefficient (Wildman–Crippen LogP) is 3.62. The fourth-order valence-corrected chi connectivity index (χ4v) is 2.02. The summed E-state index contributed by atoms with van der Waals surface area (Å²) in [6.45, 7) is -0.249. The Morgan fingerprint density at radius 3 is 2.65 bits per heavy atom. The molecule has 2 aromatic carbocycles. The molecule has 5 nitrogen and oxygen atoms in total. The van der Waals surface area contributed by atoms with E-state index in [1.165, 1.54) is 12.1 Å². The molecule has 0 fully saturated rings. The Balaban J connectivity index is 2.09. The third-order valence-corrected chi connectivity index (χ3v) is 3.06. The van der Waals surface area contributed by atoms with Crippen molar-refractivity contribution < 1.29 is 14.5 Å². The lowest BCUT2D eigenvalue weighted by Gasteiger charge is -2.06. The molecule has 0 aliphatic heterocycles. The van der Waals surface area contributed by atoms with Crippen molar-refractivity contribution in [3.05, 3.63) is 68.7 Å². The molecule has 0 bridgehead atoms. The highest BCUT2D eigenvalue weighted by Crippen LogP contribution is 2.25. The maximum Gasteiger partial charge on any atom is 0.310 e. The summed E-state index contributed by atoms with van der Waals surface area (Å²) in [5.41, 5.74) is 0.326. The van der Waals surface area contributed by atoms with Crippen LogP contribution in [0.3, 0.4) is 0 Å². The second kappa shape index (κ2) is 6.29. The normalized spacial score (nSPS) is 10.1. The van der Waals surface area contributed by atoms with Crippen LogP contribution < -0.4 is 4.74 Å². The molecule has 0 aromatic heterocycles. The fraction of sp³-hybridized carbons (Fsp3) is 0.0714. The summed E-state index contributed by atoms with van der Waals surface area (Å²) >= 11 is 3.27. The van der Waals surface area contributed by atoms with E-state index in [1.54, 1.807) is 36.4 Å². The van der Waals surface area contributed by atoms with Crippen LogP contribution in [0.4, 0.5) is 5.69 Å². The Morgan fingerprint density at radius 2 is 1.95 bits per heavy atom. The summed E-state index contributed by atoms with van der Waals surface area (Å²) in [5, 5.41) is 10.8. The summed E-state index contributed by atoms with van der Waals surface area (Å²) in [7, 11) is 0. The molecule has 2 rings (SSSR count). The van der Waals surface area contributed by atoms with Gasteiger partial charge in [-0.05, 0) is 18.2 Å². The van der Waals surface area contributed by atoms with E-state index >= 15 is 0 Å². The van der Waals surface area contributed by atoms with Crippen molar-refractivity contribution in [3.8, 4) is 5.75 Å². The number of halogens is 1. The van der Waals surface area contributed by atoms with Gasteiger partial charge in [0.1, 0.15) is 0 Å². The minimum atomic E-state index is -0.543. The smallest absolute Gasteiger partial charge is 0.310 e. The molecule has 20 heavy (non-hydrogen) atoms. The minimum Gasteiger partial charge on any atom is -0.478 e. The molecule has 0 heterocycles. The second-order valence-electron chi connectivity index (χ2n) is 3.95. The first-order chi connectivity index (χ1) is 9.58. The van der Waals surface area contributed by atoms with Crippen LogP contribution in [0.15, 0.2) is 53.0 Å². The Kier molecular flexibility index (Phi) is 4.47. The molecule has 0 spiro atoms. The fourth-order valence-electron chi connectivity index (χ4n) is 1.62. The molecule has 0 aliphatic rings. The van der Waals surface area contributed by atoms with Crippen molar-refractivity contribution in [2.75, 3.05) is 6.61 Å². The summed E-state index contributed by atoms with van der Waals surface area (Å²) in [6, 6.07) is 12.8. The van der Waals surface area contributed by atoms with Gasteiger partial charge in [0, 0.05) is 16.1 Å². The lowest BCUT2D eigenvalue weighted by atomic mass is 10.1. The van der Waals surface area contributed by atoms with Crippen LogP contribution in [-0.4, -0.2) is 17.3 Å². The molecule has 0 N–H and O–H groups in total. The van der Waals surface area contributed by atoms with Gasteiger partial charge in [0.2, 0.25) is 0 Å². The van der Waals surface area contributed by atoms with Gasteiger partial charge < -0.3 is 4.74 Å². The number of carbonyl (C=O) groups excluding carboxylic acids is 1. The molecule has 102 valence electrons. The number of nitro benzene ring substituents is 1. The van der Waals surface area contributed by atoms with Crippen LogP contribution >= 0.6 is 15.9 Å². The monoisotopic (exact) mass is 335 g/mol. The highest BCUT2D eigenvalue weighted by atomic mass is 79.9. The average molecular weight is 336 g/mol. The quantitative estimate of drug-likeness (QED) is 0.475. The Bertz CT molecular complexity index is 657. The average Bonchev–Trinajstić information content (AvgIpc) is 2.45. The molecule has 0 amide bonds. The molecule has 0 atom stereocenters.